The second-order valence-electron chi connectivity index (χ2n) is 4.82. The fraction of sp³-hybridized carbons (Fsp3) is 0.176. The van der Waals surface area contributed by atoms with Gasteiger partial charge in [-0.3, -0.25) is 4.79 Å². The van der Waals surface area contributed by atoms with Gasteiger partial charge in [-0.1, -0.05) is 36.4 Å². The number of carbonyl (C=O) groups is 1. The summed E-state index contributed by atoms with van der Waals surface area (Å²) in [6, 6.07) is 16.7. The predicted molar refractivity (Wildman–Crippen MR) is 77.7 cm³/mol. The van der Waals surface area contributed by atoms with Crippen molar-refractivity contribution in [3.8, 4) is 11.1 Å². The lowest BCUT2D eigenvalue weighted by molar-refractivity contribution is -0.116. The van der Waals surface area contributed by atoms with E-state index in [1.807, 2.05) is 24.7 Å². The molecule has 1 aliphatic rings. The quantitative estimate of drug-likeness (QED) is 0.753. The molecular weight excluding hydrogens is 234 g/mol. The molecule has 1 heterocycles. The molecular formula is C17H16NO. The van der Waals surface area contributed by atoms with Crippen molar-refractivity contribution < 1.29 is 4.79 Å². The van der Waals surface area contributed by atoms with E-state index in [-0.39, 0.29) is 5.91 Å². The Kier molecular flexibility index (Phi) is 3.08. The van der Waals surface area contributed by atoms with E-state index in [4.69, 9.17) is 0 Å². The number of amides is 1. The summed E-state index contributed by atoms with van der Waals surface area (Å²) in [5.74, 6) is 0.0772. The lowest BCUT2D eigenvalue weighted by Gasteiger charge is -2.28. The Hall–Kier alpha value is -2.09. The summed E-state index contributed by atoms with van der Waals surface area (Å²) >= 11 is 0. The molecule has 0 N–H and O–H groups in total. The average molecular weight is 250 g/mol. The maximum atomic E-state index is 11.6. The number of rotatable bonds is 1. The summed E-state index contributed by atoms with van der Waals surface area (Å²) in [6.07, 6.45) is 1.92. The van der Waals surface area contributed by atoms with E-state index in [1.165, 1.54) is 16.7 Å². The van der Waals surface area contributed by atoms with Gasteiger partial charge in [0.05, 0.1) is 6.54 Å². The molecule has 0 unspecified atom stereocenters. The molecule has 0 saturated carbocycles. The summed E-state index contributed by atoms with van der Waals surface area (Å²) in [4.78, 5) is 13.4. The van der Waals surface area contributed by atoms with E-state index >= 15 is 0 Å². The van der Waals surface area contributed by atoms with Gasteiger partial charge in [-0.2, -0.15) is 0 Å². The number of nitrogens with zero attached hydrogens (tertiary/aromatic N) is 1. The molecule has 1 aliphatic heterocycles. The van der Waals surface area contributed by atoms with Crippen LogP contribution < -0.4 is 4.90 Å². The third kappa shape index (κ3) is 2.26. The van der Waals surface area contributed by atoms with Crippen molar-refractivity contribution in [3.63, 3.8) is 0 Å². The zero-order valence-electron chi connectivity index (χ0n) is 11.0. The minimum absolute atomic E-state index is 0.0772. The molecule has 3 rings (SSSR count). The number of benzene rings is 2. The van der Waals surface area contributed by atoms with E-state index in [0.717, 1.165) is 18.5 Å². The van der Waals surface area contributed by atoms with Crippen LogP contribution in [0.5, 0.6) is 0 Å². The fourth-order valence-electron chi connectivity index (χ4n) is 2.58. The number of hydrogen-bond acceptors (Lipinski definition) is 1. The number of carbonyl (C=O) groups excluding carboxylic acids is 1. The third-order valence-electron chi connectivity index (χ3n) is 3.51. The van der Waals surface area contributed by atoms with Gasteiger partial charge in [-0.15, -0.1) is 0 Å². The SMILES string of the molecule is CC(=O)N1[CH]CCc2cc(-c3ccccc3)ccc21. The Balaban J connectivity index is 2.03. The predicted octanol–water partition coefficient (Wildman–Crippen LogP) is 3.81. The van der Waals surface area contributed by atoms with E-state index < -0.39 is 0 Å². The van der Waals surface area contributed by atoms with Crippen molar-refractivity contribution in [2.75, 3.05) is 4.90 Å². The van der Waals surface area contributed by atoms with Crippen molar-refractivity contribution in [1.82, 2.24) is 0 Å². The van der Waals surface area contributed by atoms with Crippen LogP contribution in [0.1, 0.15) is 18.9 Å². The van der Waals surface area contributed by atoms with Crippen LogP contribution in [-0.2, 0) is 11.2 Å². The smallest absolute Gasteiger partial charge is 0.224 e. The molecule has 0 bridgehead atoms. The molecule has 0 aromatic heterocycles. The minimum Gasteiger partial charge on any atom is -0.307 e. The largest absolute Gasteiger partial charge is 0.307 e. The number of anilines is 1. The molecule has 1 radical (unpaired) electrons. The van der Waals surface area contributed by atoms with Gasteiger partial charge in [-0.05, 0) is 41.7 Å². The standard InChI is InChI=1S/C17H16NO/c1-13(19)18-11-5-8-16-12-15(9-10-17(16)18)14-6-3-2-4-7-14/h2-4,6-7,9-12H,5,8H2,1H3. The van der Waals surface area contributed by atoms with E-state index in [1.54, 1.807) is 11.8 Å². The Morgan fingerprint density at radius 3 is 2.58 bits per heavy atom. The molecule has 2 heteroatoms. The number of hydrogen-bond donors (Lipinski definition) is 0. The third-order valence-corrected chi connectivity index (χ3v) is 3.51. The molecule has 0 spiro atoms. The summed E-state index contributed by atoms with van der Waals surface area (Å²) in [7, 11) is 0. The van der Waals surface area contributed by atoms with Gasteiger partial charge in [0.15, 0.2) is 0 Å². The van der Waals surface area contributed by atoms with Crippen LogP contribution in [0.4, 0.5) is 5.69 Å². The second kappa shape index (κ2) is 4.88. The van der Waals surface area contributed by atoms with Gasteiger partial charge in [-0.25, -0.2) is 0 Å². The Morgan fingerprint density at radius 1 is 1.05 bits per heavy atom. The highest BCUT2D eigenvalue weighted by molar-refractivity contribution is 5.94. The minimum atomic E-state index is 0.0772. The van der Waals surface area contributed by atoms with E-state index in [0.29, 0.717) is 0 Å². The number of aryl methyl sites for hydroxylation is 1. The highest BCUT2D eigenvalue weighted by Gasteiger charge is 2.20. The van der Waals surface area contributed by atoms with Crippen LogP contribution >= 0.6 is 0 Å². The molecule has 19 heavy (non-hydrogen) atoms. The topological polar surface area (TPSA) is 20.3 Å². The summed E-state index contributed by atoms with van der Waals surface area (Å²) < 4.78 is 0. The molecule has 0 saturated heterocycles. The summed E-state index contributed by atoms with van der Waals surface area (Å²) in [5, 5.41) is 0. The summed E-state index contributed by atoms with van der Waals surface area (Å²) in [6.45, 7) is 3.59. The molecule has 0 atom stereocenters. The maximum absolute atomic E-state index is 11.6. The molecule has 1 amide bonds. The van der Waals surface area contributed by atoms with Gasteiger partial charge in [0.25, 0.3) is 0 Å². The van der Waals surface area contributed by atoms with Crippen LogP contribution in [0.25, 0.3) is 11.1 Å². The van der Waals surface area contributed by atoms with Crippen LogP contribution in [0, 0.1) is 6.54 Å². The Morgan fingerprint density at radius 2 is 1.84 bits per heavy atom. The highest BCUT2D eigenvalue weighted by Crippen LogP contribution is 2.32. The first-order valence-corrected chi connectivity index (χ1v) is 6.57. The Bertz CT molecular complexity index is 604. The maximum Gasteiger partial charge on any atom is 0.224 e. The lowest BCUT2D eigenvalue weighted by Crippen LogP contribution is -2.29. The van der Waals surface area contributed by atoms with Gasteiger partial charge in [0, 0.05) is 12.6 Å². The first-order chi connectivity index (χ1) is 9.25. The molecule has 2 aromatic rings. The molecule has 2 nitrogen and oxygen atoms in total. The lowest BCUT2D eigenvalue weighted by atomic mass is 9.96. The molecule has 0 aliphatic carbocycles. The van der Waals surface area contributed by atoms with Gasteiger partial charge >= 0.3 is 0 Å². The normalized spacial score (nSPS) is 14.1. The zero-order chi connectivity index (χ0) is 13.2. The number of fused-ring (bicyclic) bond motifs is 1. The van der Waals surface area contributed by atoms with Crippen LogP contribution in [0.2, 0.25) is 0 Å². The summed E-state index contributed by atoms with van der Waals surface area (Å²) in [5.41, 5.74) is 4.71. The van der Waals surface area contributed by atoms with Gasteiger partial charge < -0.3 is 4.90 Å². The molecule has 95 valence electrons. The van der Waals surface area contributed by atoms with Gasteiger partial charge in [0.2, 0.25) is 5.91 Å². The van der Waals surface area contributed by atoms with Gasteiger partial charge in [0.1, 0.15) is 0 Å². The first kappa shape index (κ1) is 12.0. The van der Waals surface area contributed by atoms with E-state index in [2.05, 4.69) is 30.3 Å². The van der Waals surface area contributed by atoms with Crippen molar-refractivity contribution in [2.24, 2.45) is 0 Å². The average Bonchev–Trinajstić information content (AvgIpc) is 2.47. The van der Waals surface area contributed by atoms with Crippen LogP contribution in [0.3, 0.4) is 0 Å². The van der Waals surface area contributed by atoms with Crippen molar-refractivity contribution in [1.29, 1.82) is 0 Å². The fourth-order valence-corrected chi connectivity index (χ4v) is 2.58. The van der Waals surface area contributed by atoms with Crippen LogP contribution in [-0.4, -0.2) is 5.91 Å². The van der Waals surface area contributed by atoms with Crippen molar-refractivity contribution in [3.05, 3.63) is 60.6 Å². The van der Waals surface area contributed by atoms with E-state index in [9.17, 15) is 4.79 Å². The Labute approximate surface area is 113 Å². The monoisotopic (exact) mass is 250 g/mol. The molecule has 2 aromatic carbocycles. The van der Waals surface area contributed by atoms with Crippen molar-refractivity contribution in [2.45, 2.75) is 19.8 Å². The van der Waals surface area contributed by atoms with Crippen LogP contribution in [0.15, 0.2) is 48.5 Å². The molecule has 0 fully saturated rings. The van der Waals surface area contributed by atoms with Crippen molar-refractivity contribution >= 4 is 11.6 Å². The first-order valence-electron chi connectivity index (χ1n) is 6.57. The second-order valence-corrected chi connectivity index (χ2v) is 4.82. The highest BCUT2D eigenvalue weighted by atomic mass is 16.2. The zero-order valence-corrected chi connectivity index (χ0v) is 11.0.